The van der Waals surface area contributed by atoms with Gasteiger partial charge in [-0.15, -0.1) is 0 Å². The molecule has 4 rings (SSSR count). The van der Waals surface area contributed by atoms with E-state index in [0.29, 0.717) is 18.1 Å². The van der Waals surface area contributed by atoms with Gasteiger partial charge in [-0.3, -0.25) is 0 Å². The maximum atomic E-state index is 8.96. The summed E-state index contributed by atoms with van der Waals surface area (Å²) in [4.78, 5) is 2.70. The number of rotatable bonds is 5. The molecule has 0 aliphatic carbocycles. The number of piperidine rings is 1. The van der Waals surface area contributed by atoms with E-state index in [9.17, 15) is 0 Å². The summed E-state index contributed by atoms with van der Waals surface area (Å²) in [5.74, 6) is 0. The Balaban J connectivity index is 1.57. The molecule has 0 saturated carbocycles. The fourth-order valence-corrected chi connectivity index (χ4v) is 4.56. The summed E-state index contributed by atoms with van der Waals surface area (Å²) in [5.41, 5.74) is 1.42. The van der Waals surface area contributed by atoms with Crippen LogP contribution in [0.2, 0.25) is 0 Å². The number of nitrogens with one attached hydrogen (secondary N) is 1. The lowest BCUT2D eigenvalue weighted by atomic mass is 9.95. The van der Waals surface area contributed by atoms with Crippen LogP contribution in [0.5, 0.6) is 0 Å². The Morgan fingerprint density at radius 1 is 1.00 bits per heavy atom. The summed E-state index contributed by atoms with van der Waals surface area (Å²) >= 11 is 0. The molecule has 2 N–H and O–H groups in total. The molecule has 0 radical (unpaired) electrons. The maximum absolute atomic E-state index is 8.96. The predicted octanol–water partition coefficient (Wildman–Crippen LogP) is 3.31. The predicted molar refractivity (Wildman–Crippen MR) is 96.0 cm³/mol. The van der Waals surface area contributed by atoms with E-state index < -0.39 is 0 Å². The molecule has 2 aromatic rings. The summed E-state index contributed by atoms with van der Waals surface area (Å²) < 4.78 is 0. The van der Waals surface area contributed by atoms with Gasteiger partial charge in [0.2, 0.25) is 0 Å². The second-order valence-corrected chi connectivity index (χ2v) is 6.99. The van der Waals surface area contributed by atoms with E-state index in [2.05, 4.69) is 52.7 Å². The van der Waals surface area contributed by atoms with Gasteiger partial charge >= 0.3 is 0 Å². The van der Waals surface area contributed by atoms with Gasteiger partial charge in [0, 0.05) is 35.8 Å². The minimum Gasteiger partial charge on any atom is -0.396 e. The molecule has 23 heavy (non-hydrogen) atoms. The number of nitrogens with zero attached hydrogens (tertiary/aromatic N) is 1. The Kier molecular flexibility index (Phi) is 4.23. The zero-order valence-corrected chi connectivity index (χ0v) is 13.6. The van der Waals surface area contributed by atoms with Crippen LogP contribution in [0.1, 0.15) is 32.1 Å². The van der Waals surface area contributed by atoms with Crippen molar-refractivity contribution >= 4 is 16.5 Å². The van der Waals surface area contributed by atoms with Crippen LogP contribution in [0.25, 0.3) is 10.8 Å². The lowest BCUT2D eigenvalue weighted by Gasteiger charge is -2.41. The molecular weight excluding hydrogens is 284 g/mol. The monoisotopic (exact) mass is 310 g/mol. The van der Waals surface area contributed by atoms with Crippen LogP contribution in [0.4, 0.5) is 5.69 Å². The van der Waals surface area contributed by atoms with Crippen molar-refractivity contribution in [3.8, 4) is 0 Å². The lowest BCUT2D eigenvalue weighted by Crippen LogP contribution is -2.49. The molecule has 2 saturated heterocycles. The van der Waals surface area contributed by atoms with E-state index in [4.69, 9.17) is 5.11 Å². The van der Waals surface area contributed by atoms with Crippen molar-refractivity contribution in [1.82, 2.24) is 5.32 Å². The molecule has 2 fully saturated rings. The van der Waals surface area contributed by atoms with Crippen LogP contribution in [0.15, 0.2) is 42.5 Å². The maximum Gasteiger partial charge on any atom is 0.0450 e. The molecular formula is C20H26N2O. The Hall–Kier alpha value is -1.58. The van der Waals surface area contributed by atoms with Crippen LogP contribution in [-0.2, 0) is 0 Å². The smallest absolute Gasteiger partial charge is 0.0450 e. The second kappa shape index (κ2) is 6.50. The molecule has 2 bridgehead atoms. The van der Waals surface area contributed by atoms with E-state index in [0.717, 1.165) is 13.0 Å². The van der Waals surface area contributed by atoms with Gasteiger partial charge in [0.05, 0.1) is 0 Å². The van der Waals surface area contributed by atoms with Gasteiger partial charge in [-0.1, -0.05) is 36.4 Å². The first-order chi connectivity index (χ1) is 11.4. The summed E-state index contributed by atoms with van der Waals surface area (Å²) in [7, 11) is 0. The average Bonchev–Trinajstić information content (AvgIpc) is 2.85. The summed E-state index contributed by atoms with van der Waals surface area (Å²) in [6.45, 7) is 1.23. The SMILES string of the molecule is OCCCNC1CC2CCC(C1)N2c1cccc2ccccc12. The summed E-state index contributed by atoms with van der Waals surface area (Å²) in [6.07, 6.45) is 5.94. The molecule has 0 amide bonds. The van der Waals surface area contributed by atoms with Crippen LogP contribution in [0.3, 0.4) is 0 Å². The third kappa shape index (κ3) is 2.84. The van der Waals surface area contributed by atoms with Gasteiger partial charge in [-0.2, -0.15) is 0 Å². The molecule has 2 aliphatic rings. The lowest BCUT2D eigenvalue weighted by molar-refractivity contribution is 0.276. The molecule has 2 aromatic carbocycles. The first-order valence-corrected chi connectivity index (χ1v) is 8.97. The Labute approximate surface area is 138 Å². The van der Waals surface area contributed by atoms with Crippen LogP contribution >= 0.6 is 0 Å². The molecule has 2 atom stereocenters. The van der Waals surface area contributed by atoms with E-state index in [1.807, 2.05) is 0 Å². The highest BCUT2D eigenvalue weighted by Gasteiger charge is 2.40. The minimum atomic E-state index is 0.286. The van der Waals surface area contributed by atoms with Crippen molar-refractivity contribution in [1.29, 1.82) is 0 Å². The summed E-state index contributed by atoms with van der Waals surface area (Å²) in [6, 6.07) is 17.4. The highest BCUT2D eigenvalue weighted by molar-refractivity contribution is 5.94. The number of hydrogen-bond donors (Lipinski definition) is 2. The fourth-order valence-electron chi connectivity index (χ4n) is 4.56. The Bertz CT molecular complexity index is 652. The van der Waals surface area contributed by atoms with Crippen molar-refractivity contribution in [2.75, 3.05) is 18.1 Å². The van der Waals surface area contributed by atoms with Gasteiger partial charge in [-0.05, 0) is 50.1 Å². The summed E-state index contributed by atoms with van der Waals surface area (Å²) in [5, 5.41) is 15.3. The van der Waals surface area contributed by atoms with Crippen LogP contribution < -0.4 is 10.2 Å². The third-order valence-corrected chi connectivity index (χ3v) is 5.55. The van der Waals surface area contributed by atoms with E-state index >= 15 is 0 Å². The van der Waals surface area contributed by atoms with Crippen LogP contribution in [0, 0.1) is 0 Å². The van der Waals surface area contributed by atoms with Crippen molar-refractivity contribution in [3.05, 3.63) is 42.5 Å². The topological polar surface area (TPSA) is 35.5 Å². The number of benzene rings is 2. The zero-order chi connectivity index (χ0) is 15.6. The molecule has 122 valence electrons. The average molecular weight is 310 g/mol. The Morgan fingerprint density at radius 3 is 2.52 bits per heavy atom. The standard InChI is InChI=1S/C20H26N2O/c23-12-4-11-21-16-13-17-9-10-18(14-16)22(17)20-8-3-6-15-5-1-2-7-19(15)20/h1-3,5-8,16-18,21,23H,4,9-14H2. The number of hydrogen-bond acceptors (Lipinski definition) is 3. The molecule has 0 aromatic heterocycles. The van der Waals surface area contributed by atoms with Crippen molar-refractivity contribution in [2.24, 2.45) is 0 Å². The third-order valence-electron chi connectivity index (χ3n) is 5.55. The van der Waals surface area contributed by atoms with Gasteiger partial charge < -0.3 is 15.3 Å². The molecule has 0 spiro atoms. The van der Waals surface area contributed by atoms with Gasteiger partial charge in [0.15, 0.2) is 0 Å². The number of anilines is 1. The number of aliphatic hydroxyl groups is 1. The van der Waals surface area contributed by atoms with E-state index in [1.165, 1.54) is 42.1 Å². The second-order valence-electron chi connectivity index (χ2n) is 6.99. The van der Waals surface area contributed by atoms with Crippen LogP contribution in [-0.4, -0.2) is 36.4 Å². The fraction of sp³-hybridized carbons (Fsp3) is 0.500. The zero-order valence-electron chi connectivity index (χ0n) is 13.6. The molecule has 3 nitrogen and oxygen atoms in total. The molecule has 2 unspecified atom stereocenters. The van der Waals surface area contributed by atoms with Crippen molar-refractivity contribution in [2.45, 2.75) is 50.2 Å². The minimum absolute atomic E-state index is 0.286. The molecule has 3 heteroatoms. The highest BCUT2D eigenvalue weighted by Crippen LogP contribution is 2.41. The van der Waals surface area contributed by atoms with Gasteiger partial charge in [0.1, 0.15) is 0 Å². The van der Waals surface area contributed by atoms with E-state index in [1.54, 1.807) is 0 Å². The quantitative estimate of drug-likeness (QED) is 0.832. The van der Waals surface area contributed by atoms with Gasteiger partial charge in [-0.25, -0.2) is 0 Å². The largest absolute Gasteiger partial charge is 0.396 e. The number of fused-ring (bicyclic) bond motifs is 3. The number of aliphatic hydroxyl groups excluding tert-OH is 1. The highest BCUT2D eigenvalue weighted by atomic mass is 16.3. The molecule has 2 aliphatic heterocycles. The van der Waals surface area contributed by atoms with Gasteiger partial charge in [0.25, 0.3) is 0 Å². The van der Waals surface area contributed by atoms with E-state index in [-0.39, 0.29) is 6.61 Å². The molecule has 2 heterocycles. The Morgan fingerprint density at radius 2 is 1.74 bits per heavy atom. The first-order valence-electron chi connectivity index (χ1n) is 8.97. The van der Waals surface area contributed by atoms with Crippen molar-refractivity contribution in [3.63, 3.8) is 0 Å². The first kappa shape index (κ1) is 15.0. The normalized spacial score (nSPS) is 26.8. The van der Waals surface area contributed by atoms with Crippen molar-refractivity contribution < 1.29 is 5.11 Å².